The van der Waals surface area contributed by atoms with Crippen LogP contribution in [0.2, 0.25) is 0 Å². The molecular weight excluding hydrogens is 240 g/mol. The number of likely N-dealkylation sites (N-methyl/N-ethyl adjacent to an activating group) is 1. The molecule has 0 spiro atoms. The second-order valence-electron chi connectivity index (χ2n) is 4.87. The summed E-state index contributed by atoms with van der Waals surface area (Å²) >= 11 is 0. The van der Waals surface area contributed by atoms with Gasteiger partial charge in [0.05, 0.1) is 5.69 Å². The maximum atomic E-state index is 12.0. The van der Waals surface area contributed by atoms with Crippen molar-refractivity contribution >= 4 is 5.95 Å². The van der Waals surface area contributed by atoms with Crippen molar-refractivity contribution in [1.82, 2.24) is 14.9 Å². The minimum atomic E-state index is -0.0414. The number of nitrogens with zero attached hydrogens (tertiary/aromatic N) is 3. The number of aromatic amines is 1. The highest BCUT2D eigenvalue weighted by atomic mass is 16.1. The van der Waals surface area contributed by atoms with Crippen LogP contribution in [0.4, 0.5) is 5.95 Å². The molecule has 1 aromatic heterocycles. The number of piperazine rings is 1. The van der Waals surface area contributed by atoms with Crippen LogP contribution in [-0.4, -0.2) is 47.6 Å². The van der Waals surface area contributed by atoms with Gasteiger partial charge in [0.1, 0.15) is 0 Å². The standard InChI is InChI=1S/C14H22N4O/c1-4-6-12-11(3)15-14(16-13(12)19)18-9-7-17(5-2)8-10-18/h4H,1,5-10H2,2-3H3,(H,15,16,19). The minimum Gasteiger partial charge on any atom is -0.340 e. The largest absolute Gasteiger partial charge is 0.340 e. The average Bonchev–Trinajstić information content (AvgIpc) is 2.43. The molecule has 0 atom stereocenters. The third-order valence-corrected chi connectivity index (χ3v) is 3.68. The molecule has 19 heavy (non-hydrogen) atoms. The topological polar surface area (TPSA) is 52.2 Å². The number of hydrogen-bond donors (Lipinski definition) is 1. The molecule has 2 heterocycles. The molecule has 1 N–H and O–H groups in total. The Labute approximate surface area is 114 Å². The highest BCUT2D eigenvalue weighted by molar-refractivity contribution is 5.34. The summed E-state index contributed by atoms with van der Waals surface area (Å²) in [5.74, 6) is 0.700. The highest BCUT2D eigenvalue weighted by Crippen LogP contribution is 2.11. The van der Waals surface area contributed by atoms with Gasteiger partial charge in [-0.25, -0.2) is 4.98 Å². The average molecular weight is 262 g/mol. The number of hydrogen-bond acceptors (Lipinski definition) is 4. The Bertz CT molecular complexity index is 501. The molecule has 104 valence electrons. The third-order valence-electron chi connectivity index (χ3n) is 3.68. The van der Waals surface area contributed by atoms with Crippen molar-refractivity contribution in [2.75, 3.05) is 37.6 Å². The lowest BCUT2D eigenvalue weighted by molar-refractivity contribution is 0.269. The summed E-state index contributed by atoms with van der Waals surface area (Å²) in [5.41, 5.74) is 1.47. The zero-order chi connectivity index (χ0) is 13.8. The first kappa shape index (κ1) is 13.8. The number of anilines is 1. The molecule has 1 fully saturated rings. The van der Waals surface area contributed by atoms with Crippen molar-refractivity contribution in [2.24, 2.45) is 0 Å². The fourth-order valence-corrected chi connectivity index (χ4v) is 2.41. The van der Waals surface area contributed by atoms with Crippen molar-refractivity contribution in [3.63, 3.8) is 0 Å². The SMILES string of the molecule is C=CCc1c(C)nc(N2CCN(CC)CC2)[nH]c1=O. The maximum Gasteiger partial charge on any atom is 0.256 e. The smallest absolute Gasteiger partial charge is 0.256 e. The summed E-state index contributed by atoms with van der Waals surface area (Å²) in [5, 5.41) is 0. The summed E-state index contributed by atoms with van der Waals surface area (Å²) in [6.45, 7) is 12.7. The molecule has 1 aromatic rings. The first-order valence-electron chi connectivity index (χ1n) is 6.83. The van der Waals surface area contributed by atoms with Gasteiger partial charge in [-0.15, -0.1) is 6.58 Å². The van der Waals surface area contributed by atoms with Crippen molar-refractivity contribution in [1.29, 1.82) is 0 Å². The number of nitrogens with one attached hydrogen (secondary N) is 1. The van der Waals surface area contributed by atoms with Gasteiger partial charge in [-0.2, -0.15) is 0 Å². The van der Waals surface area contributed by atoms with Crippen LogP contribution in [-0.2, 0) is 6.42 Å². The van der Waals surface area contributed by atoms with Crippen LogP contribution in [0.5, 0.6) is 0 Å². The van der Waals surface area contributed by atoms with Gasteiger partial charge in [0.2, 0.25) is 5.95 Å². The molecule has 1 aliphatic rings. The number of aryl methyl sites for hydroxylation is 1. The molecule has 0 saturated carbocycles. The van der Waals surface area contributed by atoms with Gasteiger partial charge in [0.15, 0.2) is 0 Å². The molecule has 1 aliphatic heterocycles. The van der Waals surface area contributed by atoms with E-state index in [2.05, 4.69) is 33.3 Å². The van der Waals surface area contributed by atoms with Crippen molar-refractivity contribution in [2.45, 2.75) is 20.3 Å². The summed E-state index contributed by atoms with van der Waals surface area (Å²) in [6, 6.07) is 0. The van der Waals surface area contributed by atoms with E-state index in [-0.39, 0.29) is 5.56 Å². The Hall–Kier alpha value is -1.62. The minimum absolute atomic E-state index is 0.0414. The molecule has 0 bridgehead atoms. The molecule has 1 saturated heterocycles. The quantitative estimate of drug-likeness (QED) is 0.821. The van der Waals surface area contributed by atoms with E-state index in [0.717, 1.165) is 38.4 Å². The molecule has 0 unspecified atom stereocenters. The number of allylic oxidation sites excluding steroid dienone is 1. The lowest BCUT2D eigenvalue weighted by Gasteiger charge is -2.34. The van der Waals surface area contributed by atoms with E-state index in [0.29, 0.717) is 17.9 Å². The van der Waals surface area contributed by atoms with Gasteiger partial charge >= 0.3 is 0 Å². The number of rotatable bonds is 4. The van der Waals surface area contributed by atoms with Crippen LogP contribution >= 0.6 is 0 Å². The van der Waals surface area contributed by atoms with Crippen LogP contribution in [0.3, 0.4) is 0 Å². The highest BCUT2D eigenvalue weighted by Gasteiger charge is 2.18. The second kappa shape index (κ2) is 6.02. The van der Waals surface area contributed by atoms with Crippen molar-refractivity contribution < 1.29 is 0 Å². The second-order valence-corrected chi connectivity index (χ2v) is 4.87. The van der Waals surface area contributed by atoms with Crippen LogP contribution < -0.4 is 10.5 Å². The van der Waals surface area contributed by atoms with E-state index >= 15 is 0 Å². The van der Waals surface area contributed by atoms with E-state index in [4.69, 9.17) is 0 Å². The fraction of sp³-hybridized carbons (Fsp3) is 0.571. The Morgan fingerprint density at radius 3 is 2.58 bits per heavy atom. The van der Waals surface area contributed by atoms with Crippen molar-refractivity contribution in [3.8, 4) is 0 Å². The van der Waals surface area contributed by atoms with Crippen LogP contribution in [0.25, 0.3) is 0 Å². The van der Waals surface area contributed by atoms with Gasteiger partial charge in [-0.3, -0.25) is 9.78 Å². The summed E-state index contributed by atoms with van der Waals surface area (Å²) < 4.78 is 0. The molecule has 0 radical (unpaired) electrons. The predicted octanol–water partition coefficient (Wildman–Crippen LogP) is 0.949. The molecule has 5 heteroatoms. The van der Waals surface area contributed by atoms with E-state index in [9.17, 15) is 4.79 Å². The monoisotopic (exact) mass is 262 g/mol. The van der Waals surface area contributed by atoms with Crippen LogP contribution in [0, 0.1) is 6.92 Å². The lowest BCUT2D eigenvalue weighted by Crippen LogP contribution is -2.47. The molecule has 0 aromatic carbocycles. The van der Waals surface area contributed by atoms with E-state index in [1.807, 2.05) is 6.92 Å². The fourth-order valence-electron chi connectivity index (χ4n) is 2.41. The lowest BCUT2D eigenvalue weighted by atomic mass is 10.2. The van der Waals surface area contributed by atoms with E-state index in [1.54, 1.807) is 6.08 Å². The third kappa shape index (κ3) is 3.04. The Balaban J connectivity index is 2.18. The Kier molecular flexibility index (Phi) is 4.37. The number of aromatic nitrogens is 2. The van der Waals surface area contributed by atoms with Gasteiger partial charge in [-0.05, 0) is 19.9 Å². The normalized spacial score (nSPS) is 16.6. The molecular formula is C14H22N4O. The molecule has 5 nitrogen and oxygen atoms in total. The zero-order valence-corrected chi connectivity index (χ0v) is 11.8. The van der Waals surface area contributed by atoms with Gasteiger partial charge in [0, 0.05) is 31.7 Å². The zero-order valence-electron chi connectivity index (χ0n) is 11.8. The predicted molar refractivity (Wildman–Crippen MR) is 77.8 cm³/mol. The molecule has 2 rings (SSSR count). The van der Waals surface area contributed by atoms with Gasteiger partial charge in [0.25, 0.3) is 5.56 Å². The van der Waals surface area contributed by atoms with Crippen molar-refractivity contribution in [3.05, 3.63) is 34.3 Å². The number of H-pyrrole nitrogens is 1. The van der Waals surface area contributed by atoms with E-state index < -0.39 is 0 Å². The summed E-state index contributed by atoms with van der Waals surface area (Å²) in [6.07, 6.45) is 2.30. The maximum absolute atomic E-state index is 12.0. The molecule has 0 amide bonds. The van der Waals surface area contributed by atoms with Crippen LogP contribution in [0.15, 0.2) is 17.4 Å². The first-order chi connectivity index (χ1) is 9.15. The Morgan fingerprint density at radius 1 is 1.37 bits per heavy atom. The summed E-state index contributed by atoms with van der Waals surface area (Å²) in [7, 11) is 0. The first-order valence-corrected chi connectivity index (χ1v) is 6.83. The molecule has 0 aliphatic carbocycles. The van der Waals surface area contributed by atoms with Gasteiger partial charge < -0.3 is 9.80 Å². The Morgan fingerprint density at radius 2 is 2.05 bits per heavy atom. The van der Waals surface area contributed by atoms with Gasteiger partial charge in [-0.1, -0.05) is 13.0 Å². The summed E-state index contributed by atoms with van der Waals surface area (Å²) in [4.78, 5) is 24.0. The van der Waals surface area contributed by atoms with E-state index in [1.165, 1.54) is 0 Å². The van der Waals surface area contributed by atoms with Crippen LogP contribution in [0.1, 0.15) is 18.2 Å².